The van der Waals surface area contributed by atoms with Gasteiger partial charge in [-0.1, -0.05) is 35.9 Å². The molecule has 5 nitrogen and oxygen atoms in total. The van der Waals surface area contributed by atoms with Crippen LogP contribution in [0.1, 0.15) is 26.4 Å². The average Bonchev–Trinajstić information content (AvgIpc) is 3.16. The molecule has 0 spiro atoms. The van der Waals surface area contributed by atoms with Gasteiger partial charge in [0.2, 0.25) is 0 Å². The van der Waals surface area contributed by atoms with E-state index in [4.69, 9.17) is 11.6 Å². The second-order valence-electron chi connectivity index (χ2n) is 6.13. The standard InChI is InChI=1S/C20H18ClN3O2S/c1-24(2)20(26)14-8-6-13(7-9-14)11-22-18(25)17-12-27-19(23-17)15-4-3-5-16(21)10-15/h3-10,12H,11H2,1-2H3,(H,22,25). The molecule has 3 aromatic rings. The third kappa shape index (κ3) is 4.72. The molecule has 0 aliphatic rings. The Kier molecular flexibility index (Phi) is 5.88. The van der Waals surface area contributed by atoms with Crippen molar-refractivity contribution in [3.63, 3.8) is 0 Å². The molecule has 0 aliphatic heterocycles. The summed E-state index contributed by atoms with van der Waals surface area (Å²) < 4.78 is 0. The van der Waals surface area contributed by atoms with Crippen LogP contribution in [0.5, 0.6) is 0 Å². The van der Waals surface area contributed by atoms with Crippen LogP contribution in [0.25, 0.3) is 10.6 Å². The minimum absolute atomic E-state index is 0.0541. The van der Waals surface area contributed by atoms with Gasteiger partial charge < -0.3 is 10.2 Å². The minimum Gasteiger partial charge on any atom is -0.347 e. The molecule has 2 aromatic carbocycles. The van der Waals surface area contributed by atoms with Gasteiger partial charge >= 0.3 is 0 Å². The number of thiazole rings is 1. The van der Waals surface area contributed by atoms with E-state index in [1.54, 1.807) is 37.7 Å². The molecule has 27 heavy (non-hydrogen) atoms. The maximum absolute atomic E-state index is 12.3. The molecule has 3 rings (SSSR count). The van der Waals surface area contributed by atoms with Crippen molar-refractivity contribution in [3.05, 3.63) is 75.8 Å². The lowest BCUT2D eigenvalue weighted by Crippen LogP contribution is -2.23. The van der Waals surface area contributed by atoms with Crippen LogP contribution in [0, 0.1) is 0 Å². The van der Waals surface area contributed by atoms with Crippen LogP contribution in [-0.4, -0.2) is 35.8 Å². The molecule has 0 bridgehead atoms. The largest absolute Gasteiger partial charge is 0.347 e. The number of benzene rings is 2. The van der Waals surface area contributed by atoms with Gasteiger partial charge in [-0.3, -0.25) is 9.59 Å². The summed E-state index contributed by atoms with van der Waals surface area (Å²) in [6, 6.07) is 14.5. The van der Waals surface area contributed by atoms with Crippen molar-refractivity contribution >= 4 is 34.8 Å². The molecule has 7 heteroatoms. The van der Waals surface area contributed by atoms with E-state index >= 15 is 0 Å². The molecule has 1 aromatic heterocycles. The highest BCUT2D eigenvalue weighted by Gasteiger charge is 2.12. The summed E-state index contributed by atoms with van der Waals surface area (Å²) in [5.74, 6) is -0.297. The number of rotatable bonds is 5. The topological polar surface area (TPSA) is 62.3 Å². The summed E-state index contributed by atoms with van der Waals surface area (Å²) >= 11 is 7.40. The third-order valence-corrected chi connectivity index (χ3v) is 4.99. The molecular weight excluding hydrogens is 382 g/mol. The monoisotopic (exact) mass is 399 g/mol. The quantitative estimate of drug-likeness (QED) is 0.702. The normalized spacial score (nSPS) is 10.5. The fourth-order valence-corrected chi connectivity index (χ4v) is 3.42. The van der Waals surface area contributed by atoms with E-state index in [1.807, 2.05) is 30.3 Å². The second-order valence-corrected chi connectivity index (χ2v) is 7.42. The maximum Gasteiger partial charge on any atom is 0.271 e. The van der Waals surface area contributed by atoms with Crippen molar-refractivity contribution in [1.29, 1.82) is 0 Å². The lowest BCUT2D eigenvalue weighted by molar-refractivity contribution is 0.0827. The van der Waals surface area contributed by atoms with Gasteiger partial charge in [-0.15, -0.1) is 11.3 Å². The summed E-state index contributed by atoms with van der Waals surface area (Å²) in [5, 5.41) is 5.95. The van der Waals surface area contributed by atoms with E-state index in [1.165, 1.54) is 16.2 Å². The van der Waals surface area contributed by atoms with E-state index in [-0.39, 0.29) is 11.8 Å². The first-order valence-electron chi connectivity index (χ1n) is 8.24. The van der Waals surface area contributed by atoms with Crippen molar-refractivity contribution < 1.29 is 9.59 Å². The molecule has 0 fully saturated rings. The Morgan fingerprint density at radius 2 is 1.89 bits per heavy atom. The Balaban J connectivity index is 1.62. The SMILES string of the molecule is CN(C)C(=O)c1ccc(CNC(=O)c2csc(-c3cccc(Cl)c3)n2)cc1. The Labute approximate surface area is 166 Å². The van der Waals surface area contributed by atoms with E-state index in [2.05, 4.69) is 10.3 Å². The van der Waals surface area contributed by atoms with Crippen LogP contribution in [0.3, 0.4) is 0 Å². The third-order valence-electron chi connectivity index (χ3n) is 3.87. The summed E-state index contributed by atoms with van der Waals surface area (Å²) in [5.41, 5.74) is 2.77. The van der Waals surface area contributed by atoms with Gasteiger partial charge in [-0.2, -0.15) is 0 Å². The zero-order valence-corrected chi connectivity index (χ0v) is 16.5. The van der Waals surface area contributed by atoms with Gasteiger partial charge in [0.1, 0.15) is 10.7 Å². The highest BCUT2D eigenvalue weighted by Crippen LogP contribution is 2.26. The number of nitrogens with one attached hydrogen (secondary N) is 1. The Morgan fingerprint density at radius 1 is 1.15 bits per heavy atom. The lowest BCUT2D eigenvalue weighted by Gasteiger charge is -2.10. The van der Waals surface area contributed by atoms with Gasteiger partial charge in [-0.05, 0) is 29.8 Å². The lowest BCUT2D eigenvalue weighted by atomic mass is 10.1. The molecule has 138 valence electrons. The van der Waals surface area contributed by atoms with Gasteiger partial charge in [0.25, 0.3) is 11.8 Å². The fourth-order valence-electron chi connectivity index (χ4n) is 2.43. The van der Waals surface area contributed by atoms with Gasteiger partial charge in [-0.25, -0.2) is 4.98 Å². The Hall–Kier alpha value is -2.70. The molecule has 2 amide bonds. The number of amides is 2. The predicted octanol–water partition coefficient (Wildman–Crippen LogP) is 4.10. The van der Waals surface area contributed by atoms with E-state index in [9.17, 15) is 9.59 Å². The van der Waals surface area contributed by atoms with E-state index < -0.39 is 0 Å². The van der Waals surface area contributed by atoms with Gasteiger partial charge in [0.15, 0.2) is 0 Å². The van der Waals surface area contributed by atoms with Crippen LogP contribution >= 0.6 is 22.9 Å². The maximum atomic E-state index is 12.3. The van der Waals surface area contributed by atoms with Crippen LogP contribution in [-0.2, 0) is 6.54 Å². The molecule has 0 radical (unpaired) electrons. The van der Waals surface area contributed by atoms with Crippen LogP contribution in [0.2, 0.25) is 5.02 Å². The highest BCUT2D eigenvalue weighted by molar-refractivity contribution is 7.13. The smallest absolute Gasteiger partial charge is 0.271 e. The first kappa shape index (κ1) is 19.1. The van der Waals surface area contributed by atoms with Crippen molar-refractivity contribution in [3.8, 4) is 10.6 Å². The fraction of sp³-hybridized carbons (Fsp3) is 0.150. The van der Waals surface area contributed by atoms with E-state index in [0.29, 0.717) is 22.8 Å². The first-order chi connectivity index (χ1) is 12.9. The highest BCUT2D eigenvalue weighted by atomic mass is 35.5. The summed E-state index contributed by atoms with van der Waals surface area (Å²) in [6.45, 7) is 0.360. The van der Waals surface area contributed by atoms with Crippen molar-refractivity contribution in [1.82, 2.24) is 15.2 Å². The molecule has 0 saturated heterocycles. The van der Waals surface area contributed by atoms with Crippen LogP contribution in [0.15, 0.2) is 53.9 Å². The van der Waals surface area contributed by atoms with Gasteiger partial charge in [0.05, 0.1) is 0 Å². The zero-order chi connectivity index (χ0) is 19.4. The number of hydrogen-bond donors (Lipinski definition) is 1. The van der Waals surface area contributed by atoms with Crippen LogP contribution in [0.4, 0.5) is 0 Å². The second kappa shape index (κ2) is 8.33. The van der Waals surface area contributed by atoms with Crippen molar-refractivity contribution in [2.24, 2.45) is 0 Å². The number of aromatic nitrogens is 1. The number of carbonyl (C=O) groups excluding carboxylic acids is 2. The summed E-state index contributed by atoms with van der Waals surface area (Å²) in [7, 11) is 3.42. The number of nitrogens with zero attached hydrogens (tertiary/aromatic N) is 2. The number of halogens is 1. The van der Waals surface area contributed by atoms with Crippen LogP contribution < -0.4 is 5.32 Å². The molecular formula is C20H18ClN3O2S. The number of carbonyl (C=O) groups is 2. The average molecular weight is 400 g/mol. The Bertz CT molecular complexity index is 967. The zero-order valence-electron chi connectivity index (χ0n) is 14.9. The molecule has 0 aliphatic carbocycles. The van der Waals surface area contributed by atoms with Crippen molar-refractivity contribution in [2.75, 3.05) is 14.1 Å². The molecule has 0 unspecified atom stereocenters. The summed E-state index contributed by atoms with van der Waals surface area (Å²) in [6.07, 6.45) is 0. The first-order valence-corrected chi connectivity index (χ1v) is 9.50. The molecule has 0 saturated carbocycles. The summed E-state index contributed by atoms with van der Waals surface area (Å²) in [4.78, 5) is 30.1. The van der Waals surface area contributed by atoms with Crippen molar-refractivity contribution in [2.45, 2.75) is 6.54 Å². The predicted molar refractivity (Wildman–Crippen MR) is 108 cm³/mol. The number of hydrogen-bond acceptors (Lipinski definition) is 4. The Morgan fingerprint density at radius 3 is 2.56 bits per heavy atom. The molecule has 0 atom stereocenters. The molecule has 1 heterocycles. The van der Waals surface area contributed by atoms with Gasteiger partial charge in [0, 0.05) is 42.2 Å². The minimum atomic E-state index is -0.243. The van der Waals surface area contributed by atoms with E-state index in [0.717, 1.165) is 16.1 Å². The molecule has 1 N–H and O–H groups in total.